The molecule has 1 aliphatic carbocycles. The van der Waals surface area contributed by atoms with Crippen LogP contribution in [0.15, 0.2) is 77.9 Å². The summed E-state index contributed by atoms with van der Waals surface area (Å²) in [6, 6.07) is 7.94. The van der Waals surface area contributed by atoms with Gasteiger partial charge in [0.15, 0.2) is 5.78 Å². The monoisotopic (exact) mass is 1060 g/mol. The van der Waals surface area contributed by atoms with Crippen molar-refractivity contribution in [2.75, 3.05) is 40.6 Å². The molecule has 0 aromatic heterocycles. The zero-order valence-electron chi connectivity index (χ0n) is 46.6. The number of piperidine rings is 1. The first kappa shape index (κ1) is 62.6. The van der Waals surface area contributed by atoms with Crippen LogP contribution in [-0.2, 0) is 52.4 Å². The van der Waals surface area contributed by atoms with Crippen LogP contribution in [0, 0.1) is 35.5 Å². The lowest BCUT2D eigenvalue weighted by atomic mass is 9.78. The molecule has 4 N–H and O–H groups in total. The number of ketones is 3. The van der Waals surface area contributed by atoms with Crippen molar-refractivity contribution < 1.29 is 72.8 Å². The summed E-state index contributed by atoms with van der Waals surface area (Å²) in [7, 11) is 3.00. The number of carbonyl (C=O) groups is 5. The van der Waals surface area contributed by atoms with Gasteiger partial charge >= 0.3 is 5.97 Å². The minimum absolute atomic E-state index is 0.0316. The number of rotatable bonds is 12. The van der Waals surface area contributed by atoms with Crippen molar-refractivity contribution in [3.63, 3.8) is 0 Å². The third kappa shape index (κ3) is 17.1. The van der Waals surface area contributed by atoms with Gasteiger partial charge in [0.25, 0.3) is 11.7 Å². The number of allylic oxidation sites excluding steroid dienone is 6. The van der Waals surface area contributed by atoms with Crippen molar-refractivity contribution in [2.24, 2.45) is 35.5 Å². The second kappa shape index (κ2) is 30.2. The maximum absolute atomic E-state index is 14.6. The number of Topliss-reactive ketones (excluding diaryl/α,β-unsaturated/α-hetero) is 3. The predicted molar refractivity (Wildman–Crippen MR) is 286 cm³/mol. The molecule has 1 aromatic rings. The number of hydrogen-bond acceptors (Lipinski definition) is 15. The number of ether oxygens (including phenoxy) is 6. The van der Waals surface area contributed by atoms with Gasteiger partial charge in [0.05, 0.1) is 44.2 Å². The highest BCUT2D eigenvalue weighted by atomic mass is 16.6. The van der Waals surface area contributed by atoms with Gasteiger partial charge in [-0.3, -0.25) is 19.2 Å². The Labute approximate surface area is 451 Å². The molecule has 4 aliphatic rings. The van der Waals surface area contributed by atoms with Gasteiger partial charge in [0.1, 0.15) is 36.2 Å². The molecule has 3 heterocycles. The third-order valence-corrected chi connectivity index (χ3v) is 16.2. The molecule has 0 spiro atoms. The largest absolute Gasteiger partial charge is 0.460 e. The molecule has 3 fully saturated rings. The molecule has 1 amide bonds. The molecule has 5 rings (SSSR count). The van der Waals surface area contributed by atoms with E-state index in [1.165, 1.54) is 12.0 Å². The van der Waals surface area contributed by atoms with Crippen LogP contribution in [-0.4, -0.2) is 150 Å². The minimum Gasteiger partial charge on any atom is -0.460 e. The number of hydrogen-bond donors (Lipinski definition) is 4. The SMILES string of the molecule is CO[C@@H]1C[C@H](C[C@@H](C)[C@@H]2CC(=O)[C@H](C)/C=C(\C)[C@@H](O)[C@@H](OC)C(=O)[C@H](C)C[C@H](C)/C=C/C=C/C=C(\C)C(OC[C@H](O)c3ccccc3)C[C@@H]3CC[C@@H](C)[C@@](O)(O3)C(=O)C(=O)N3CCCCC3C(=O)O2)CC[C@H]1OCCO. The molecule has 2 unspecified atom stereocenters. The molecular weight excluding hydrogens is 975 g/mol. The molecular formula is C60H89NO15. The Balaban J connectivity index is 1.48. The molecule has 3 aliphatic heterocycles. The van der Waals surface area contributed by atoms with Gasteiger partial charge in [-0.1, -0.05) is 101 Å². The van der Waals surface area contributed by atoms with Gasteiger partial charge in [0.2, 0.25) is 5.79 Å². The van der Waals surface area contributed by atoms with Crippen molar-refractivity contribution in [1.29, 1.82) is 0 Å². The number of aliphatic hydroxyl groups excluding tert-OH is 3. The molecule has 16 atom stereocenters. The average molecular weight is 1060 g/mol. The summed E-state index contributed by atoms with van der Waals surface area (Å²) in [6.45, 7) is 12.7. The van der Waals surface area contributed by atoms with Crippen LogP contribution in [0.4, 0.5) is 0 Å². The number of esters is 1. The average Bonchev–Trinajstić information content (AvgIpc) is 3.41. The van der Waals surface area contributed by atoms with Gasteiger partial charge in [-0.25, -0.2) is 4.79 Å². The van der Waals surface area contributed by atoms with Gasteiger partial charge in [-0.2, -0.15) is 0 Å². The van der Waals surface area contributed by atoms with Crippen LogP contribution < -0.4 is 0 Å². The zero-order valence-corrected chi connectivity index (χ0v) is 46.6. The van der Waals surface area contributed by atoms with E-state index in [1.54, 1.807) is 53.0 Å². The number of aliphatic hydroxyl groups is 4. The molecule has 76 heavy (non-hydrogen) atoms. The topological polar surface area (TPSA) is 225 Å². The number of fused-ring (bicyclic) bond motifs is 3. The molecule has 1 aromatic carbocycles. The van der Waals surface area contributed by atoms with Crippen LogP contribution in [0.5, 0.6) is 0 Å². The van der Waals surface area contributed by atoms with E-state index in [0.29, 0.717) is 62.5 Å². The highest BCUT2D eigenvalue weighted by Crippen LogP contribution is 2.38. The Morgan fingerprint density at radius 2 is 1.58 bits per heavy atom. The number of amides is 1. The highest BCUT2D eigenvalue weighted by Gasteiger charge is 2.53. The van der Waals surface area contributed by atoms with E-state index in [-0.39, 0.29) is 87.2 Å². The van der Waals surface area contributed by atoms with E-state index < -0.39 is 83.9 Å². The summed E-state index contributed by atoms with van der Waals surface area (Å²) in [5, 5.41) is 44.3. The first-order chi connectivity index (χ1) is 36.2. The van der Waals surface area contributed by atoms with Gasteiger partial charge in [-0.15, -0.1) is 0 Å². The molecule has 2 saturated heterocycles. The van der Waals surface area contributed by atoms with Crippen molar-refractivity contribution in [1.82, 2.24) is 4.90 Å². The first-order valence-electron chi connectivity index (χ1n) is 27.8. The summed E-state index contributed by atoms with van der Waals surface area (Å²) >= 11 is 0. The zero-order chi connectivity index (χ0) is 55.7. The number of nitrogens with zero attached hydrogens (tertiary/aromatic N) is 1. The van der Waals surface area contributed by atoms with Crippen LogP contribution in [0.3, 0.4) is 0 Å². The van der Waals surface area contributed by atoms with Crippen LogP contribution in [0.1, 0.15) is 137 Å². The lowest BCUT2D eigenvalue weighted by Gasteiger charge is -2.43. The third-order valence-electron chi connectivity index (χ3n) is 16.2. The highest BCUT2D eigenvalue weighted by molar-refractivity contribution is 6.39. The summed E-state index contributed by atoms with van der Waals surface area (Å²) < 4.78 is 36.3. The Hall–Kier alpha value is -4.23. The van der Waals surface area contributed by atoms with E-state index in [2.05, 4.69) is 0 Å². The quantitative estimate of drug-likeness (QED) is 0.0916. The Kier molecular flexibility index (Phi) is 24.9. The summed E-state index contributed by atoms with van der Waals surface area (Å²) in [5.41, 5.74) is 1.82. The first-order valence-corrected chi connectivity index (χ1v) is 27.8. The van der Waals surface area contributed by atoms with Crippen molar-refractivity contribution in [3.05, 3.63) is 83.5 Å². The lowest BCUT2D eigenvalue weighted by molar-refractivity contribution is -0.266. The molecule has 16 nitrogen and oxygen atoms in total. The van der Waals surface area contributed by atoms with Gasteiger partial charge in [-0.05, 0) is 113 Å². The van der Waals surface area contributed by atoms with Crippen LogP contribution in [0.25, 0.3) is 0 Å². The van der Waals surface area contributed by atoms with E-state index >= 15 is 0 Å². The number of benzene rings is 1. The fraction of sp³-hybridized carbons (Fsp3) is 0.683. The summed E-state index contributed by atoms with van der Waals surface area (Å²) in [5.74, 6) is -8.40. The molecule has 0 radical (unpaired) electrons. The van der Waals surface area contributed by atoms with Gasteiger partial charge in [0, 0.05) is 51.4 Å². The second-order valence-corrected chi connectivity index (χ2v) is 22.2. The molecule has 1 saturated carbocycles. The smallest absolute Gasteiger partial charge is 0.329 e. The lowest BCUT2D eigenvalue weighted by Crippen LogP contribution is -2.61. The van der Waals surface area contributed by atoms with Crippen molar-refractivity contribution in [2.45, 2.75) is 186 Å². The standard InChI is InChI=1S/C60H89NO15/c1-37-18-12-10-13-19-38(2)51(74-36-49(64)45-20-14-11-15-21-45)34-46-25-23-43(7)60(70,76-46)57(67)58(68)61-27-17-16-22-47(61)59(69)75-52(40(4)32-44-24-26-50(73-29-28-62)53(33-44)71-8)35-48(63)39(3)31-42(6)55(66)56(72-9)54(65)41(5)30-37/h10-15,18-21,31,37,39-41,43-44,46-47,49-53,55-56,62,64,66,70H,16-17,22-30,32-36H2,1-9H3/b13-10+,18-12+,38-19+,42-31+/t37-,39-,40-,41-,43-,44+,46+,47?,49+,50-,51?,52+,53-,55-,56+,60-/m1/s1. The summed E-state index contributed by atoms with van der Waals surface area (Å²) in [4.78, 5) is 73.0. The number of carbonyl (C=O) groups excluding carboxylic acids is 5. The Bertz CT molecular complexity index is 2170. The predicted octanol–water partition coefficient (Wildman–Crippen LogP) is 7.30. The van der Waals surface area contributed by atoms with Crippen LogP contribution in [0.2, 0.25) is 0 Å². The number of cyclic esters (lactones) is 1. The number of methoxy groups -OCH3 is 2. The van der Waals surface area contributed by atoms with E-state index in [0.717, 1.165) is 12.0 Å². The molecule has 16 heteroatoms. The van der Waals surface area contributed by atoms with Crippen LogP contribution >= 0.6 is 0 Å². The maximum Gasteiger partial charge on any atom is 0.329 e. The Morgan fingerprint density at radius 1 is 0.842 bits per heavy atom. The molecule has 424 valence electrons. The normalized spacial score (nSPS) is 36.7. The van der Waals surface area contributed by atoms with Gasteiger partial charge < -0.3 is 53.7 Å². The minimum atomic E-state index is -2.52. The fourth-order valence-corrected chi connectivity index (χ4v) is 11.4. The van der Waals surface area contributed by atoms with E-state index in [4.69, 9.17) is 28.4 Å². The van der Waals surface area contributed by atoms with E-state index in [1.807, 2.05) is 69.4 Å². The summed E-state index contributed by atoms with van der Waals surface area (Å²) in [6.07, 6.45) is 9.97. The maximum atomic E-state index is 14.6. The molecule has 2 bridgehead atoms. The van der Waals surface area contributed by atoms with E-state index in [9.17, 15) is 44.4 Å². The second-order valence-electron chi connectivity index (χ2n) is 22.2. The Morgan fingerprint density at radius 3 is 2.28 bits per heavy atom. The van der Waals surface area contributed by atoms with Crippen molar-refractivity contribution >= 4 is 29.2 Å². The fourth-order valence-electron chi connectivity index (χ4n) is 11.4. The van der Waals surface area contributed by atoms with Crippen molar-refractivity contribution in [3.8, 4) is 0 Å².